The van der Waals surface area contributed by atoms with Crippen molar-refractivity contribution >= 4 is 28.3 Å². The molecule has 0 radical (unpaired) electrons. The average Bonchev–Trinajstić information content (AvgIpc) is 2.77. The van der Waals surface area contributed by atoms with E-state index in [1.165, 1.54) is 25.0 Å². The number of carbonyl (C=O) groups is 1. The molecule has 1 aromatic heterocycles. The van der Waals surface area contributed by atoms with E-state index in [4.69, 9.17) is 15.2 Å². The second kappa shape index (κ2) is 10.2. The first-order valence-corrected chi connectivity index (χ1v) is 10.8. The van der Waals surface area contributed by atoms with Gasteiger partial charge in [0.2, 0.25) is 5.91 Å². The Morgan fingerprint density at radius 2 is 1.89 bits per heavy atom. The van der Waals surface area contributed by atoms with Crippen molar-refractivity contribution in [1.82, 2.24) is 14.9 Å². The maximum Gasteiger partial charge on any atom is 0.416 e. The molecular formula is C24H28F3N5O3. The molecule has 8 nitrogen and oxygen atoms in total. The zero-order chi connectivity index (χ0) is 25.9. The number of benzene rings is 2. The molecule has 3 N–H and O–H groups in total. The molecule has 1 amide bonds. The average molecular weight is 492 g/mol. The lowest BCUT2D eigenvalue weighted by atomic mass is 10.0. The highest BCUT2D eigenvalue weighted by Crippen LogP contribution is 2.36. The lowest BCUT2D eigenvalue weighted by molar-refractivity contribution is -0.137. The monoisotopic (exact) mass is 491 g/mol. The van der Waals surface area contributed by atoms with Crippen molar-refractivity contribution in [3.63, 3.8) is 0 Å². The maximum absolute atomic E-state index is 13.3. The smallest absolute Gasteiger partial charge is 0.416 e. The fourth-order valence-electron chi connectivity index (χ4n) is 3.46. The number of ether oxygens (including phenoxy) is 2. The topological polar surface area (TPSA) is 103 Å². The minimum atomic E-state index is -4.51. The number of aromatic nitrogens is 2. The summed E-state index contributed by atoms with van der Waals surface area (Å²) in [5, 5.41) is 3.77. The summed E-state index contributed by atoms with van der Waals surface area (Å²) in [4.78, 5) is 21.9. The normalized spacial score (nSPS) is 12.3. The summed E-state index contributed by atoms with van der Waals surface area (Å²) < 4.78 is 51.1. The molecule has 0 bridgehead atoms. The number of carbonyl (C=O) groups excluding carboxylic acids is 1. The third-order valence-corrected chi connectivity index (χ3v) is 5.47. The number of rotatable bonds is 8. The molecule has 0 fully saturated rings. The molecule has 0 aliphatic carbocycles. The third kappa shape index (κ3) is 6.23. The van der Waals surface area contributed by atoms with Crippen LogP contribution in [0.5, 0.6) is 11.5 Å². The Bertz CT molecular complexity index is 1230. The summed E-state index contributed by atoms with van der Waals surface area (Å²) in [6, 6.07) is 6.32. The third-order valence-electron chi connectivity index (χ3n) is 5.47. The van der Waals surface area contributed by atoms with Crippen LogP contribution in [0.15, 0.2) is 30.3 Å². The van der Waals surface area contributed by atoms with E-state index in [2.05, 4.69) is 15.3 Å². The van der Waals surface area contributed by atoms with Gasteiger partial charge in [-0.2, -0.15) is 13.2 Å². The first-order chi connectivity index (χ1) is 16.4. The van der Waals surface area contributed by atoms with E-state index < -0.39 is 17.8 Å². The molecule has 1 atom stereocenters. The molecule has 0 saturated heterocycles. The van der Waals surface area contributed by atoms with Gasteiger partial charge in [0.25, 0.3) is 0 Å². The van der Waals surface area contributed by atoms with Crippen LogP contribution in [0.3, 0.4) is 0 Å². The van der Waals surface area contributed by atoms with Gasteiger partial charge < -0.3 is 25.4 Å². The molecule has 0 aliphatic heterocycles. The molecule has 3 aromatic rings. The lowest BCUT2D eigenvalue weighted by Gasteiger charge is -2.20. The van der Waals surface area contributed by atoms with Gasteiger partial charge >= 0.3 is 6.18 Å². The standard InChI is InChI=1S/C24H28F3N5O3/c1-13(16-8-17(24(25,26)27)10-18(28)9-16)29-23-19-11-22(35-7-6-32(4)15(3)33)21(34-5)12-20(19)30-14(2)31-23/h8-13H,6-7,28H2,1-5H3,(H,29,30,31)/t13-/m1/s1. The van der Waals surface area contributed by atoms with Gasteiger partial charge in [0.1, 0.15) is 18.2 Å². The van der Waals surface area contributed by atoms with Crippen LogP contribution in [0, 0.1) is 6.92 Å². The highest BCUT2D eigenvalue weighted by atomic mass is 19.4. The van der Waals surface area contributed by atoms with Crippen LogP contribution in [-0.2, 0) is 11.0 Å². The van der Waals surface area contributed by atoms with Crippen LogP contribution >= 0.6 is 0 Å². The van der Waals surface area contributed by atoms with Gasteiger partial charge in [-0.25, -0.2) is 9.97 Å². The Balaban J connectivity index is 1.96. The number of hydrogen-bond acceptors (Lipinski definition) is 7. The fraction of sp³-hybridized carbons (Fsp3) is 0.375. The van der Waals surface area contributed by atoms with E-state index in [0.29, 0.717) is 46.2 Å². The van der Waals surface area contributed by atoms with Crippen LogP contribution in [0.4, 0.5) is 24.7 Å². The van der Waals surface area contributed by atoms with E-state index in [0.717, 1.165) is 12.1 Å². The predicted octanol–water partition coefficient (Wildman–Crippen LogP) is 4.58. The number of nitrogens with zero attached hydrogens (tertiary/aromatic N) is 3. The van der Waals surface area contributed by atoms with Gasteiger partial charge in [0, 0.05) is 31.1 Å². The molecule has 0 unspecified atom stereocenters. The van der Waals surface area contributed by atoms with Crippen molar-refractivity contribution in [2.24, 2.45) is 0 Å². The molecule has 3 rings (SSSR count). The quantitative estimate of drug-likeness (QED) is 0.445. The molecule has 0 saturated carbocycles. The number of likely N-dealkylation sites (N-methyl/N-ethyl adjacent to an activating group) is 1. The largest absolute Gasteiger partial charge is 0.493 e. The minimum absolute atomic E-state index is 0.0168. The molecule has 1 heterocycles. The summed E-state index contributed by atoms with van der Waals surface area (Å²) in [7, 11) is 3.17. The number of nitrogens with one attached hydrogen (secondary N) is 1. The van der Waals surface area contributed by atoms with Gasteiger partial charge in [-0.05, 0) is 43.7 Å². The van der Waals surface area contributed by atoms with Crippen molar-refractivity contribution < 1.29 is 27.4 Å². The number of nitrogens with two attached hydrogens (primary N) is 1. The first-order valence-electron chi connectivity index (χ1n) is 10.8. The van der Waals surface area contributed by atoms with Crippen LogP contribution in [0.25, 0.3) is 10.9 Å². The van der Waals surface area contributed by atoms with Gasteiger partial charge in [-0.15, -0.1) is 0 Å². The van der Waals surface area contributed by atoms with E-state index in [-0.39, 0.29) is 18.2 Å². The number of methoxy groups -OCH3 is 1. The van der Waals surface area contributed by atoms with Gasteiger partial charge in [-0.3, -0.25) is 4.79 Å². The first kappa shape index (κ1) is 25.9. The van der Waals surface area contributed by atoms with Crippen LogP contribution in [-0.4, -0.2) is 48.1 Å². The molecule has 0 spiro atoms. The van der Waals surface area contributed by atoms with E-state index in [1.807, 2.05) is 0 Å². The van der Waals surface area contributed by atoms with E-state index in [9.17, 15) is 18.0 Å². The number of hydrogen-bond donors (Lipinski definition) is 2. The van der Waals surface area contributed by atoms with E-state index >= 15 is 0 Å². The SMILES string of the molecule is COc1cc2nc(C)nc(N[C@H](C)c3cc(N)cc(C(F)(F)F)c3)c2cc1OCCN(C)C(C)=O. The number of amides is 1. The van der Waals surface area contributed by atoms with Crippen molar-refractivity contribution in [2.45, 2.75) is 33.0 Å². The Kier molecular flexibility index (Phi) is 7.57. The second-order valence-electron chi connectivity index (χ2n) is 8.18. The highest BCUT2D eigenvalue weighted by Gasteiger charge is 2.31. The van der Waals surface area contributed by atoms with Crippen molar-refractivity contribution in [3.8, 4) is 11.5 Å². The zero-order valence-corrected chi connectivity index (χ0v) is 20.2. The van der Waals surface area contributed by atoms with Gasteiger partial charge in [0.05, 0.1) is 30.8 Å². The number of nitrogen functional groups attached to an aromatic ring is 1. The van der Waals surface area contributed by atoms with Crippen molar-refractivity contribution in [3.05, 3.63) is 47.3 Å². The number of anilines is 2. The summed E-state index contributed by atoms with van der Waals surface area (Å²) in [5.41, 5.74) is 5.86. The minimum Gasteiger partial charge on any atom is -0.493 e. The van der Waals surface area contributed by atoms with Crippen LogP contribution < -0.4 is 20.5 Å². The Morgan fingerprint density at radius 3 is 2.51 bits per heavy atom. The number of halogens is 3. The Labute approximate surface area is 201 Å². The van der Waals surface area contributed by atoms with Crippen molar-refractivity contribution in [1.29, 1.82) is 0 Å². The summed E-state index contributed by atoms with van der Waals surface area (Å²) >= 11 is 0. The summed E-state index contributed by atoms with van der Waals surface area (Å²) in [5.74, 6) is 1.67. The Morgan fingerprint density at radius 1 is 1.17 bits per heavy atom. The second-order valence-corrected chi connectivity index (χ2v) is 8.18. The lowest BCUT2D eigenvalue weighted by Crippen LogP contribution is -2.28. The molecule has 188 valence electrons. The Hall–Kier alpha value is -3.76. The predicted molar refractivity (Wildman–Crippen MR) is 128 cm³/mol. The molecule has 0 aliphatic rings. The summed E-state index contributed by atoms with van der Waals surface area (Å²) in [6.45, 7) is 5.50. The fourth-order valence-corrected chi connectivity index (χ4v) is 3.46. The number of fused-ring (bicyclic) bond motifs is 1. The summed E-state index contributed by atoms with van der Waals surface area (Å²) in [6.07, 6.45) is -4.51. The number of aryl methyl sites for hydroxylation is 1. The highest BCUT2D eigenvalue weighted by molar-refractivity contribution is 5.92. The zero-order valence-electron chi connectivity index (χ0n) is 20.2. The van der Waals surface area contributed by atoms with Gasteiger partial charge in [-0.1, -0.05) is 0 Å². The van der Waals surface area contributed by atoms with Gasteiger partial charge in [0.15, 0.2) is 11.5 Å². The number of alkyl halides is 3. The molecular weight excluding hydrogens is 463 g/mol. The van der Waals surface area contributed by atoms with Crippen molar-refractivity contribution in [2.75, 3.05) is 38.4 Å². The van der Waals surface area contributed by atoms with Crippen LogP contribution in [0.2, 0.25) is 0 Å². The molecule has 2 aromatic carbocycles. The molecule has 11 heteroatoms. The maximum atomic E-state index is 13.3. The molecule has 35 heavy (non-hydrogen) atoms. The van der Waals surface area contributed by atoms with Crippen LogP contribution in [0.1, 0.15) is 36.8 Å². The van der Waals surface area contributed by atoms with E-state index in [1.54, 1.807) is 33.0 Å².